The molecule has 0 aliphatic carbocycles. The minimum Gasteiger partial charge on any atom is -0.450 e. The molecule has 0 saturated heterocycles. The van der Waals surface area contributed by atoms with Gasteiger partial charge in [0, 0.05) is 23.7 Å². The minimum absolute atomic E-state index is 0.0549. The molecule has 3 aromatic rings. The van der Waals surface area contributed by atoms with Crippen LogP contribution in [-0.2, 0) is 4.79 Å². The fourth-order valence-corrected chi connectivity index (χ4v) is 3.42. The van der Waals surface area contributed by atoms with Gasteiger partial charge in [-0.2, -0.15) is 0 Å². The van der Waals surface area contributed by atoms with Crippen LogP contribution in [0, 0.1) is 34.6 Å². The minimum atomic E-state index is -0.302. The zero-order valence-corrected chi connectivity index (χ0v) is 17.3. The number of hydrogen-bond donors (Lipinski definition) is 1. The molecule has 0 spiro atoms. The van der Waals surface area contributed by atoms with E-state index in [1.165, 1.54) is 4.90 Å². The van der Waals surface area contributed by atoms with E-state index in [0.717, 1.165) is 44.5 Å². The van der Waals surface area contributed by atoms with Gasteiger partial charge in [0.1, 0.15) is 5.58 Å². The molecule has 0 fully saturated rings. The number of aryl methyl sites for hydroxylation is 4. The van der Waals surface area contributed by atoms with Gasteiger partial charge in [0.25, 0.3) is 5.91 Å². The van der Waals surface area contributed by atoms with E-state index < -0.39 is 0 Å². The molecule has 28 heavy (non-hydrogen) atoms. The molecule has 146 valence electrons. The fraction of sp³-hybridized carbons (Fsp3) is 0.304. The Kier molecular flexibility index (Phi) is 5.27. The summed E-state index contributed by atoms with van der Waals surface area (Å²) in [6.45, 7) is 9.74. The molecule has 0 aliphatic heterocycles. The van der Waals surface area contributed by atoms with E-state index in [-0.39, 0.29) is 24.1 Å². The van der Waals surface area contributed by atoms with Crippen molar-refractivity contribution >= 4 is 28.5 Å². The molecule has 0 bridgehead atoms. The van der Waals surface area contributed by atoms with Crippen LogP contribution in [0.2, 0.25) is 0 Å². The van der Waals surface area contributed by atoms with Gasteiger partial charge in [-0.3, -0.25) is 9.59 Å². The predicted octanol–water partition coefficient (Wildman–Crippen LogP) is 4.69. The normalized spacial score (nSPS) is 10.9. The number of likely N-dealkylation sites (N-methyl/N-ethyl adjacent to an activating group) is 1. The number of amides is 2. The molecule has 2 amide bonds. The molecule has 0 atom stereocenters. The van der Waals surface area contributed by atoms with Crippen molar-refractivity contribution in [3.63, 3.8) is 0 Å². The topological polar surface area (TPSA) is 62.6 Å². The number of carbonyl (C=O) groups is 2. The summed E-state index contributed by atoms with van der Waals surface area (Å²) >= 11 is 0. The van der Waals surface area contributed by atoms with E-state index in [9.17, 15) is 9.59 Å². The maximum atomic E-state index is 12.9. The van der Waals surface area contributed by atoms with Crippen molar-refractivity contribution in [2.75, 3.05) is 18.9 Å². The Balaban J connectivity index is 1.80. The SMILES string of the molecule is Cc1cccc(NC(=O)CN(C)C(=O)c2oc3c(C)ccc(C)c3c2C)c1C. The van der Waals surface area contributed by atoms with Crippen LogP contribution >= 0.6 is 0 Å². The van der Waals surface area contributed by atoms with E-state index in [2.05, 4.69) is 5.32 Å². The largest absolute Gasteiger partial charge is 0.450 e. The summed E-state index contributed by atoms with van der Waals surface area (Å²) in [6, 6.07) is 9.76. The first-order chi connectivity index (χ1) is 13.2. The molecule has 3 rings (SSSR count). The van der Waals surface area contributed by atoms with Gasteiger partial charge in [0.15, 0.2) is 5.76 Å². The first kappa shape index (κ1) is 19.7. The summed E-state index contributed by atoms with van der Waals surface area (Å²) in [7, 11) is 1.61. The zero-order valence-electron chi connectivity index (χ0n) is 17.3. The van der Waals surface area contributed by atoms with Gasteiger partial charge in [-0.15, -0.1) is 0 Å². The second-order valence-corrected chi connectivity index (χ2v) is 7.42. The van der Waals surface area contributed by atoms with E-state index >= 15 is 0 Å². The van der Waals surface area contributed by atoms with Crippen molar-refractivity contribution in [1.82, 2.24) is 4.90 Å². The van der Waals surface area contributed by atoms with E-state index in [1.807, 2.05) is 65.0 Å². The summed E-state index contributed by atoms with van der Waals surface area (Å²) in [6.07, 6.45) is 0. The number of nitrogens with zero attached hydrogens (tertiary/aromatic N) is 1. The lowest BCUT2D eigenvalue weighted by Gasteiger charge is -2.17. The molecule has 0 unspecified atom stereocenters. The third-order valence-electron chi connectivity index (χ3n) is 5.28. The van der Waals surface area contributed by atoms with Crippen LogP contribution in [0.1, 0.15) is 38.4 Å². The molecular weight excluding hydrogens is 352 g/mol. The highest BCUT2D eigenvalue weighted by Crippen LogP contribution is 2.31. The Labute approximate surface area is 165 Å². The highest BCUT2D eigenvalue weighted by Gasteiger charge is 2.24. The lowest BCUT2D eigenvalue weighted by Crippen LogP contribution is -2.35. The summed E-state index contributed by atoms with van der Waals surface area (Å²) in [5.41, 5.74) is 6.47. The van der Waals surface area contributed by atoms with E-state index in [1.54, 1.807) is 7.05 Å². The number of benzene rings is 2. The molecule has 0 aliphatic rings. The number of furan rings is 1. The van der Waals surface area contributed by atoms with Crippen LogP contribution < -0.4 is 5.32 Å². The average Bonchev–Trinajstić information content (AvgIpc) is 3.00. The van der Waals surface area contributed by atoms with Crippen molar-refractivity contribution in [3.8, 4) is 0 Å². The lowest BCUT2D eigenvalue weighted by molar-refractivity contribution is -0.116. The number of fused-ring (bicyclic) bond motifs is 1. The van der Waals surface area contributed by atoms with Crippen molar-refractivity contribution in [3.05, 3.63) is 63.9 Å². The second kappa shape index (κ2) is 7.50. The summed E-state index contributed by atoms with van der Waals surface area (Å²) in [4.78, 5) is 26.8. The number of carbonyl (C=O) groups excluding carboxylic acids is 2. The van der Waals surface area contributed by atoms with Crippen LogP contribution in [-0.4, -0.2) is 30.3 Å². The maximum Gasteiger partial charge on any atom is 0.290 e. The lowest BCUT2D eigenvalue weighted by atomic mass is 10.0. The molecule has 1 N–H and O–H groups in total. The van der Waals surface area contributed by atoms with Crippen LogP contribution in [0.25, 0.3) is 11.0 Å². The monoisotopic (exact) mass is 378 g/mol. The fourth-order valence-electron chi connectivity index (χ4n) is 3.42. The van der Waals surface area contributed by atoms with Crippen LogP contribution in [0.4, 0.5) is 5.69 Å². The number of rotatable bonds is 4. The summed E-state index contributed by atoms with van der Waals surface area (Å²) in [5.74, 6) is -0.260. The number of hydrogen-bond acceptors (Lipinski definition) is 3. The van der Waals surface area contributed by atoms with Gasteiger partial charge < -0.3 is 14.6 Å². The third kappa shape index (κ3) is 3.52. The van der Waals surface area contributed by atoms with Crippen molar-refractivity contribution in [1.29, 1.82) is 0 Å². The first-order valence-corrected chi connectivity index (χ1v) is 9.31. The maximum absolute atomic E-state index is 12.9. The Hall–Kier alpha value is -3.08. The Morgan fingerprint density at radius 1 is 0.929 bits per heavy atom. The van der Waals surface area contributed by atoms with E-state index in [4.69, 9.17) is 4.42 Å². The molecule has 0 radical (unpaired) electrons. The number of anilines is 1. The Bertz CT molecular complexity index is 1080. The Morgan fingerprint density at radius 2 is 1.61 bits per heavy atom. The van der Waals surface area contributed by atoms with Crippen LogP contribution in [0.5, 0.6) is 0 Å². The molecule has 2 aromatic carbocycles. The van der Waals surface area contributed by atoms with Gasteiger partial charge in [-0.25, -0.2) is 0 Å². The Morgan fingerprint density at radius 3 is 2.29 bits per heavy atom. The molecule has 0 saturated carbocycles. The van der Waals surface area contributed by atoms with Gasteiger partial charge in [-0.1, -0.05) is 24.3 Å². The average molecular weight is 378 g/mol. The van der Waals surface area contributed by atoms with Gasteiger partial charge in [0.05, 0.1) is 6.54 Å². The van der Waals surface area contributed by atoms with Gasteiger partial charge in [-0.05, 0) is 62.9 Å². The quantitative estimate of drug-likeness (QED) is 0.717. The first-order valence-electron chi connectivity index (χ1n) is 9.31. The highest BCUT2D eigenvalue weighted by atomic mass is 16.3. The highest BCUT2D eigenvalue weighted by molar-refractivity contribution is 6.02. The molecular formula is C23H26N2O3. The molecule has 1 aromatic heterocycles. The van der Waals surface area contributed by atoms with Crippen molar-refractivity contribution in [2.24, 2.45) is 0 Å². The zero-order chi connectivity index (χ0) is 20.6. The predicted molar refractivity (Wildman–Crippen MR) is 112 cm³/mol. The van der Waals surface area contributed by atoms with Crippen molar-refractivity contribution < 1.29 is 14.0 Å². The molecule has 1 heterocycles. The van der Waals surface area contributed by atoms with Crippen LogP contribution in [0.3, 0.4) is 0 Å². The van der Waals surface area contributed by atoms with Crippen molar-refractivity contribution in [2.45, 2.75) is 34.6 Å². The van der Waals surface area contributed by atoms with Gasteiger partial charge >= 0.3 is 0 Å². The second-order valence-electron chi connectivity index (χ2n) is 7.42. The smallest absolute Gasteiger partial charge is 0.290 e. The summed E-state index contributed by atoms with van der Waals surface area (Å²) in [5, 5.41) is 3.85. The number of nitrogens with one attached hydrogen (secondary N) is 1. The molecule has 5 nitrogen and oxygen atoms in total. The van der Waals surface area contributed by atoms with Gasteiger partial charge in [0.2, 0.25) is 5.91 Å². The summed E-state index contributed by atoms with van der Waals surface area (Å²) < 4.78 is 5.91. The van der Waals surface area contributed by atoms with Crippen LogP contribution in [0.15, 0.2) is 34.7 Å². The molecule has 5 heteroatoms. The van der Waals surface area contributed by atoms with E-state index in [0.29, 0.717) is 0 Å². The standard InChI is InChI=1S/C23H26N2O3/c1-13-8-7-9-18(16(13)4)24-19(26)12-25(6)23(27)22-17(5)20-14(2)10-11-15(3)21(20)28-22/h7-11H,12H2,1-6H3,(H,24,26). The third-order valence-corrected chi connectivity index (χ3v) is 5.28.